The summed E-state index contributed by atoms with van der Waals surface area (Å²) in [6.07, 6.45) is -1.04. The van der Waals surface area contributed by atoms with Crippen molar-refractivity contribution in [2.24, 2.45) is 5.92 Å². The molecular formula is C17H22F3N5O. The first-order valence-electron chi connectivity index (χ1n) is 8.66. The minimum absolute atomic E-state index is 0.146. The van der Waals surface area contributed by atoms with E-state index in [1.807, 2.05) is 30.8 Å². The smallest absolute Gasteiger partial charge is 0.354 e. The van der Waals surface area contributed by atoms with Gasteiger partial charge in [-0.05, 0) is 38.2 Å². The zero-order chi connectivity index (χ0) is 18.9. The van der Waals surface area contributed by atoms with Crippen molar-refractivity contribution in [2.45, 2.75) is 52.4 Å². The van der Waals surface area contributed by atoms with Gasteiger partial charge in [-0.25, -0.2) is 0 Å². The van der Waals surface area contributed by atoms with Crippen molar-refractivity contribution in [3.63, 3.8) is 0 Å². The van der Waals surface area contributed by atoms with Gasteiger partial charge in [0.25, 0.3) is 0 Å². The summed E-state index contributed by atoms with van der Waals surface area (Å²) in [6, 6.07) is 1.90. The van der Waals surface area contributed by atoms with E-state index in [9.17, 15) is 18.0 Å². The Balaban J connectivity index is 1.57. The number of hydrogen-bond donors (Lipinski definition) is 1. The van der Waals surface area contributed by atoms with Crippen LogP contribution in [0.4, 0.5) is 13.2 Å². The van der Waals surface area contributed by atoms with Crippen LogP contribution in [0.3, 0.4) is 0 Å². The number of amides is 1. The van der Waals surface area contributed by atoms with Crippen LogP contribution in [0.2, 0.25) is 0 Å². The molecule has 1 amide bonds. The molecule has 6 nitrogen and oxygen atoms in total. The van der Waals surface area contributed by atoms with Gasteiger partial charge in [0.1, 0.15) is 6.54 Å². The van der Waals surface area contributed by atoms with E-state index in [0.717, 1.165) is 5.69 Å². The molecule has 3 rings (SSSR count). The summed E-state index contributed by atoms with van der Waals surface area (Å²) < 4.78 is 42.2. The third-order valence-electron chi connectivity index (χ3n) is 4.49. The molecule has 2 aromatic rings. The molecule has 0 bridgehead atoms. The van der Waals surface area contributed by atoms with Crippen LogP contribution in [-0.2, 0) is 36.9 Å². The molecule has 0 aliphatic heterocycles. The van der Waals surface area contributed by atoms with Crippen LogP contribution < -0.4 is 5.32 Å². The second-order valence-corrected chi connectivity index (χ2v) is 6.87. The minimum Gasteiger partial charge on any atom is -0.354 e. The number of aryl methyl sites for hydroxylation is 1. The standard InChI is InChI=1S/C17H22F3N5O/c1-11(9-24-7-6-12(2)22-24)8-21-15(26)10-25-14-5-3-4-13(14)16(23-25)17(18,19)20/h6-7,11H,3-5,8-10H2,1-2H3,(H,21,26)/t11-/m1/s1. The molecule has 0 radical (unpaired) electrons. The Kier molecular flexibility index (Phi) is 5.06. The molecule has 2 heterocycles. The lowest BCUT2D eigenvalue weighted by Gasteiger charge is -2.13. The second-order valence-electron chi connectivity index (χ2n) is 6.87. The molecular weight excluding hydrogens is 347 g/mol. The number of fused-ring (bicyclic) bond motifs is 1. The zero-order valence-electron chi connectivity index (χ0n) is 14.8. The van der Waals surface area contributed by atoms with Crippen LogP contribution in [0.25, 0.3) is 0 Å². The van der Waals surface area contributed by atoms with E-state index in [1.165, 1.54) is 4.68 Å². The van der Waals surface area contributed by atoms with Gasteiger partial charge in [-0.3, -0.25) is 14.2 Å². The first kappa shape index (κ1) is 18.5. The molecule has 1 aliphatic carbocycles. The molecule has 26 heavy (non-hydrogen) atoms. The maximum Gasteiger partial charge on any atom is 0.435 e. The Morgan fingerprint density at radius 1 is 1.35 bits per heavy atom. The van der Waals surface area contributed by atoms with Gasteiger partial charge in [-0.1, -0.05) is 6.92 Å². The van der Waals surface area contributed by atoms with E-state index in [1.54, 1.807) is 0 Å². The number of halogens is 3. The topological polar surface area (TPSA) is 64.7 Å². The summed E-state index contributed by atoms with van der Waals surface area (Å²) in [4.78, 5) is 12.2. The van der Waals surface area contributed by atoms with E-state index >= 15 is 0 Å². The third-order valence-corrected chi connectivity index (χ3v) is 4.49. The second kappa shape index (κ2) is 7.13. The number of carbonyl (C=O) groups is 1. The van der Waals surface area contributed by atoms with Crippen molar-refractivity contribution >= 4 is 5.91 Å². The molecule has 9 heteroatoms. The molecule has 2 aromatic heterocycles. The van der Waals surface area contributed by atoms with Crippen molar-refractivity contribution in [3.05, 3.63) is 34.9 Å². The average molecular weight is 369 g/mol. The highest BCUT2D eigenvalue weighted by molar-refractivity contribution is 5.75. The van der Waals surface area contributed by atoms with Crippen LogP contribution in [0.1, 0.15) is 36.0 Å². The SMILES string of the molecule is Cc1ccn(C[C@H](C)CNC(=O)Cn2nc(C(F)(F)F)c3c2CCC3)n1. The molecule has 1 atom stereocenters. The van der Waals surface area contributed by atoms with Crippen molar-refractivity contribution in [1.29, 1.82) is 0 Å². The fraction of sp³-hybridized carbons (Fsp3) is 0.588. The molecule has 1 N–H and O–H groups in total. The van der Waals surface area contributed by atoms with Crippen molar-refractivity contribution in [3.8, 4) is 0 Å². The summed E-state index contributed by atoms with van der Waals surface area (Å²) in [5, 5.41) is 10.7. The lowest BCUT2D eigenvalue weighted by Crippen LogP contribution is -2.33. The minimum atomic E-state index is -4.48. The van der Waals surface area contributed by atoms with Crippen molar-refractivity contribution in [1.82, 2.24) is 24.9 Å². The molecule has 0 spiro atoms. The van der Waals surface area contributed by atoms with E-state index < -0.39 is 11.9 Å². The highest BCUT2D eigenvalue weighted by Gasteiger charge is 2.40. The summed E-state index contributed by atoms with van der Waals surface area (Å²) >= 11 is 0. The van der Waals surface area contributed by atoms with Gasteiger partial charge in [0.05, 0.1) is 5.69 Å². The predicted molar refractivity (Wildman–Crippen MR) is 88.4 cm³/mol. The summed E-state index contributed by atoms with van der Waals surface area (Å²) in [7, 11) is 0. The summed E-state index contributed by atoms with van der Waals surface area (Å²) in [5.74, 6) is -0.188. The number of aromatic nitrogens is 4. The normalized spacial score (nSPS) is 15.1. The molecule has 0 unspecified atom stereocenters. The Bertz CT molecular complexity index is 793. The number of rotatable bonds is 6. The number of carbonyl (C=O) groups excluding carboxylic acids is 1. The van der Waals surface area contributed by atoms with E-state index in [4.69, 9.17) is 0 Å². The zero-order valence-corrected chi connectivity index (χ0v) is 14.8. The first-order chi connectivity index (χ1) is 12.2. The Labute approximate surface area is 149 Å². The van der Waals surface area contributed by atoms with E-state index in [2.05, 4.69) is 15.5 Å². The highest BCUT2D eigenvalue weighted by atomic mass is 19.4. The van der Waals surface area contributed by atoms with Gasteiger partial charge >= 0.3 is 6.18 Å². The fourth-order valence-corrected chi connectivity index (χ4v) is 3.30. The fourth-order valence-electron chi connectivity index (χ4n) is 3.30. The molecule has 0 fully saturated rings. The molecule has 0 aromatic carbocycles. The molecule has 1 aliphatic rings. The van der Waals surface area contributed by atoms with E-state index in [0.29, 0.717) is 38.0 Å². The van der Waals surface area contributed by atoms with Gasteiger partial charge in [0, 0.05) is 30.5 Å². The van der Waals surface area contributed by atoms with Gasteiger partial charge in [-0.15, -0.1) is 0 Å². The number of hydrogen-bond acceptors (Lipinski definition) is 3. The Hall–Kier alpha value is -2.32. The van der Waals surface area contributed by atoms with Crippen LogP contribution in [0.15, 0.2) is 12.3 Å². The summed E-state index contributed by atoms with van der Waals surface area (Å²) in [6.45, 7) is 4.77. The monoisotopic (exact) mass is 369 g/mol. The van der Waals surface area contributed by atoms with Gasteiger partial charge in [0.15, 0.2) is 5.69 Å². The lowest BCUT2D eigenvalue weighted by molar-refractivity contribution is -0.142. The maximum absolute atomic E-state index is 13.1. The average Bonchev–Trinajstić information content (AvgIpc) is 3.23. The predicted octanol–water partition coefficient (Wildman–Crippen LogP) is 2.35. The Morgan fingerprint density at radius 3 is 2.77 bits per heavy atom. The van der Waals surface area contributed by atoms with Gasteiger partial charge < -0.3 is 5.32 Å². The largest absolute Gasteiger partial charge is 0.435 e. The van der Waals surface area contributed by atoms with Gasteiger partial charge in [0.2, 0.25) is 5.91 Å². The maximum atomic E-state index is 13.1. The highest BCUT2D eigenvalue weighted by Crippen LogP contribution is 2.36. The van der Waals surface area contributed by atoms with E-state index in [-0.39, 0.29) is 23.9 Å². The number of nitrogens with zero attached hydrogens (tertiary/aromatic N) is 4. The van der Waals surface area contributed by atoms with Crippen LogP contribution in [0.5, 0.6) is 0 Å². The van der Waals surface area contributed by atoms with Crippen LogP contribution >= 0.6 is 0 Å². The van der Waals surface area contributed by atoms with Crippen molar-refractivity contribution in [2.75, 3.05) is 6.54 Å². The number of alkyl halides is 3. The number of nitrogens with one attached hydrogen (secondary N) is 1. The quantitative estimate of drug-likeness (QED) is 0.850. The lowest BCUT2D eigenvalue weighted by atomic mass is 10.2. The summed E-state index contributed by atoms with van der Waals surface area (Å²) in [5.41, 5.74) is 0.856. The van der Waals surface area contributed by atoms with Crippen LogP contribution in [-0.4, -0.2) is 32.0 Å². The molecule has 0 saturated carbocycles. The van der Waals surface area contributed by atoms with Gasteiger partial charge in [-0.2, -0.15) is 23.4 Å². The molecule has 0 saturated heterocycles. The first-order valence-corrected chi connectivity index (χ1v) is 8.66. The van der Waals surface area contributed by atoms with Crippen molar-refractivity contribution < 1.29 is 18.0 Å². The third kappa shape index (κ3) is 4.08. The molecule has 142 valence electrons. The van der Waals surface area contributed by atoms with Crippen LogP contribution in [0, 0.1) is 12.8 Å². The Morgan fingerprint density at radius 2 is 2.12 bits per heavy atom.